The van der Waals surface area contributed by atoms with E-state index in [0.717, 1.165) is 18.4 Å². The largest absolute Gasteiger partial charge is 0.496 e. The van der Waals surface area contributed by atoms with Gasteiger partial charge < -0.3 is 14.5 Å². The third-order valence-electron chi connectivity index (χ3n) is 3.22. The molecular formula is C16H21N3O3. The fourth-order valence-corrected chi connectivity index (χ4v) is 2.02. The van der Waals surface area contributed by atoms with Crippen molar-refractivity contribution in [3.8, 4) is 17.2 Å². The van der Waals surface area contributed by atoms with Gasteiger partial charge in [-0.25, -0.2) is 0 Å². The number of hydrogen-bond acceptors (Lipinski definition) is 5. The summed E-state index contributed by atoms with van der Waals surface area (Å²) in [6.07, 6.45) is 3.00. The summed E-state index contributed by atoms with van der Waals surface area (Å²) in [5.41, 5.74) is 0.760. The number of nitrogens with one attached hydrogen (secondary N) is 1. The summed E-state index contributed by atoms with van der Waals surface area (Å²) >= 11 is 0. The molecule has 0 aliphatic heterocycles. The van der Waals surface area contributed by atoms with Crippen LogP contribution < -0.4 is 10.1 Å². The van der Waals surface area contributed by atoms with E-state index in [4.69, 9.17) is 9.15 Å². The molecule has 2 aromatic rings. The van der Waals surface area contributed by atoms with E-state index >= 15 is 0 Å². The fraction of sp³-hybridized carbons (Fsp3) is 0.438. The monoisotopic (exact) mass is 303 g/mol. The van der Waals surface area contributed by atoms with Gasteiger partial charge >= 0.3 is 0 Å². The highest BCUT2D eigenvalue weighted by Gasteiger charge is 2.12. The van der Waals surface area contributed by atoms with Crippen molar-refractivity contribution in [3.05, 3.63) is 30.2 Å². The second kappa shape index (κ2) is 8.17. The molecule has 0 radical (unpaired) electrons. The summed E-state index contributed by atoms with van der Waals surface area (Å²) in [6.45, 7) is 2.56. The molecule has 0 aliphatic carbocycles. The number of hydrogen-bond donors (Lipinski definition) is 1. The van der Waals surface area contributed by atoms with Crippen LogP contribution in [0.1, 0.15) is 32.1 Å². The van der Waals surface area contributed by atoms with Crippen molar-refractivity contribution in [1.29, 1.82) is 0 Å². The number of benzene rings is 1. The van der Waals surface area contributed by atoms with Crippen LogP contribution in [0.4, 0.5) is 0 Å². The van der Waals surface area contributed by atoms with Crippen molar-refractivity contribution in [2.24, 2.45) is 0 Å². The first-order chi connectivity index (χ1) is 10.7. The molecule has 0 spiro atoms. The van der Waals surface area contributed by atoms with Gasteiger partial charge in [0.2, 0.25) is 11.8 Å². The van der Waals surface area contributed by atoms with Crippen LogP contribution in [0.15, 0.2) is 28.7 Å². The molecule has 1 amide bonds. The van der Waals surface area contributed by atoms with Crippen LogP contribution in [0.3, 0.4) is 0 Å². The van der Waals surface area contributed by atoms with Gasteiger partial charge in [-0.1, -0.05) is 25.5 Å². The molecule has 1 N–H and O–H groups in total. The third kappa shape index (κ3) is 4.31. The van der Waals surface area contributed by atoms with Gasteiger partial charge in [-0.2, -0.15) is 0 Å². The molecule has 22 heavy (non-hydrogen) atoms. The molecule has 0 fully saturated rings. The Bertz CT molecular complexity index is 610. The lowest BCUT2D eigenvalue weighted by molar-refractivity contribution is -0.121. The minimum absolute atomic E-state index is 0.0614. The Morgan fingerprint density at radius 3 is 2.91 bits per heavy atom. The number of unbranched alkanes of at least 4 members (excludes halogenated alkanes) is 1. The van der Waals surface area contributed by atoms with E-state index < -0.39 is 0 Å². The van der Waals surface area contributed by atoms with Gasteiger partial charge in [0.15, 0.2) is 0 Å². The molecule has 6 heteroatoms. The smallest absolute Gasteiger partial charge is 0.251 e. The van der Waals surface area contributed by atoms with Gasteiger partial charge in [0.1, 0.15) is 5.75 Å². The van der Waals surface area contributed by atoms with Crippen LogP contribution in [0.2, 0.25) is 0 Å². The topological polar surface area (TPSA) is 77.2 Å². The Hall–Kier alpha value is -2.37. The highest BCUT2D eigenvalue weighted by molar-refractivity contribution is 5.75. The number of para-hydroxylation sites is 1. The third-order valence-corrected chi connectivity index (χ3v) is 3.22. The zero-order valence-corrected chi connectivity index (χ0v) is 13.0. The summed E-state index contributed by atoms with van der Waals surface area (Å²) in [5, 5.41) is 10.9. The molecule has 0 unspecified atom stereocenters. The average molecular weight is 303 g/mol. The van der Waals surface area contributed by atoms with Gasteiger partial charge in [-0.3, -0.25) is 4.79 Å². The SMILES string of the molecule is CCCCC(=O)NCCc1nnc(-c2ccccc2OC)o1. The van der Waals surface area contributed by atoms with Crippen molar-refractivity contribution in [3.63, 3.8) is 0 Å². The zero-order chi connectivity index (χ0) is 15.8. The standard InChI is InChI=1S/C16H21N3O3/c1-3-4-9-14(20)17-11-10-15-18-19-16(22-15)12-7-5-6-8-13(12)21-2/h5-8H,3-4,9-11H2,1-2H3,(H,17,20). The average Bonchev–Trinajstić information content (AvgIpc) is 3.01. The summed E-state index contributed by atoms with van der Waals surface area (Å²) in [7, 11) is 1.60. The summed E-state index contributed by atoms with van der Waals surface area (Å²) in [5.74, 6) is 1.67. The normalized spacial score (nSPS) is 10.5. The second-order valence-electron chi connectivity index (χ2n) is 4.90. The molecule has 1 aromatic heterocycles. The molecule has 2 rings (SSSR count). The lowest BCUT2D eigenvalue weighted by atomic mass is 10.2. The second-order valence-corrected chi connectivity index (χ2v) is 4.90. The van der Waals surface area contributed by atoms with E-state index in [1.807, 2.05) is 24.3 Å². The molecule has 0 saturated heterocycles. The van der Waals surface area contributed by atoms with Crippen LogP contribution >= 0.6 is 0 Å². The van der Waals surface area contributed by atoms with Crippen LogP contribution in [0, 0.1) is 0 Å². The summed E-state index contributed by atoms with van der Waals surface area (Å²) in [6, 6.07) is 7.47. The van der Waals surface area contributed by atoms with Crippen molar-refractivity contribution >= 4 is 5.91 Å². The van der Waals surface area contributed by atoms with Crippen LogP contribution in [-0.2, 0) is 11.2 Å². The Kier molecular flexibility index (Phi) is 5.94. The Labute approximate surface area is 129 Å². The molecular weight excluding hydrogens is 282 g/mol. The predicted molar refractivity (Wildman–Crippen MR) is 82.5 cm³/mol. The summed E-state index contributed by atoms with van der Waals surface area (Å²) < 4.78 is 10.9. The maximum Gasteiger partial charge on any atom is 0.251 e. The number of carbonyl (C=O) groups excluding carboxylic acids is 1. The molecule has 6 nitrogen and oxygen atoms in total. The Morgan fingerprint density at radius 2 is 2.14 bits per heavy atom. The highest BCUT2D eigenvalue weighted by atomic mass is 16.5. The quantitative estimate of drug-likeness (QED) is 0.811. The molecule has 0 saturated carbocycles. The first kappa shape index (κ1) is 16.0. The van der Waals surface area contributed by atoms with Crippen molar-refractivity contribution < 1.29 is 13.9 Å². The molecule has 1 aromatic carbocycles. The molecule has 118 valence electrons. The fourth-order valence-electron chi connectivity index (χ4n) is 2.02. The lowest BCUT2D eigenvalue weighted by Gasteiger charge is -2.03. The number of aromatic nitrogens is 2. The van der Waals surface area contributed by atoms with Gasteiger partial charge in [-0.15, -0.1) is 10.2 Å². The number of methoxy groups -OCH3 is 1. The van der Waals surface area contributed by atoms with Gasteiger partial charge in [0, 0.05) is 19.4 Å². The zero-order valence-electron chi connectivity index (χ0n) is 13.0. The minimum atomic E-state index is 0.0614. The Balaban J connectivity index is 1.90. The molecule has 0 bridgehead atoms. The van der Waals surface area contributed by atoms with Gasteiger partial charge in [0.05, 0.1) is 12.7 Å². The number of nitrogens with zero attached hydrogens (tertiary/aromatic N) is 2. The maximum atomic E-state index is 11.5. The minimum Gasteiger partial charge on any atom is -0.496 e. The van der Waals surface area contributed by atoms with E-state index in [0.29, 0.717) is 36.9 Å². The van der Waals surface area contributed by atoms with E-state index in [9.17, 15) is 4.79 Å². The first-order valence-electron chi connectivity index (χ1n) is 7.47. The number of rotatable bonds is 8. The number of carbonyl (C=O) groups is 1. The first-order valence-corrected chi connectivity index (χ1v) is 7.47. The van der Waals surface area contributed by atoms with Gasteiger partial charge in [0.25, 0.3) is 5.89 Å². The van der Waals surface area contributed by atoms with E-state index in [-0.39, 0.29) is 5.91 Å². The predicted octanol–water partition coefficient (Wildman–Crippen LogP) is 2.59. The van der Waals surface area contributed by atoms with Crippen molar-refractivity contribution in [2.75, 3.05) is 13.7 Å². The highest BCUT2D eigenvalue weighted by Crippen LogP contribution is 2.28. The van der Waals surface area contributed by atoms with Gasteiger partial charge in [-0.05, 0) is 18.6 Å². The van der Waals surface area contributed by atoms with Crippen LogP contribution in [-0.4, -0.2) is 29.8 Å². The number of amides is 1. The van der Waals surface area contributed by atoms with E-state index in [1.54, 1.807) is 7.11 Å². The van der Waals surface area contributed by atoms with Crippen molar-refractivity contribution in [2.45, 2.75) is 32.6 Å². The maximum absolute atomic E-state index is 11.5. The molecule has 1 heterocycles. The summed E-state index contributed by atoms with van der Waals surface area (Å²) in [4.78, 5) is 11.5. The van der Waals surface area contributed by atoms with Crippen LogP contribution in [0.25, 0.3) is 11.5 Å². The van der Waals surface area contributed by atoms with Crippen molar-refractivity contribution in [1.82, 2.24) is 15.5 Å². The Morgan fingerprint density at radius 1 is 1.32 bits per heavy atom. The molecule has 0 atom stereocenters. The molecule has 0 aliphatic rings. The van der Waals surface area contributed by atoms with E-state index in [2.05, 4.69) is 22.4 Å². The van der Waals surface area contributed by atoms with Crippen LogP contribution in [0.5, 0.6) is 5.75 Å². The number of ether oxygens (including phenoxy) is 1. The van der Waals surface area contributed by atoms with E-state index in [1.165, 1.54) is 0 Å². The lowest BCUT2D eigenvalue weighted by Crippen LogP contribution is -2.25.